The first kappa shape index (κ1) is 18.0. The number of amides is 1. The maximum atomic E-state index is 12.8. The van der Waals surface area contributed by atoms with Crippen LogP contribution in [0.15, 0.2) is 0 Å². The third-order valence-corrected chi connectivity index (χ3v) is 4.70. The molecule has 3 rings (SSSR count). The fourth-order valence-electron chi connectivity index (χ4n) is 3.43. The van der Waals surface area contributed by atoms with Crippen molar-refractivity contribution < 1.29 is 18.0 Å². The number of carbonyl (C=O) groups is 1. The van der Waals surface area contributed by atoms with E-state index < -0.39 is 17.4 Å². The summed E-state index contributed by atoms with van der Waals surface area (Å²) < 4.78 is 39.5. The number of hydrogen-bond donors (Lipinski definition) is 1. The van der Waals surface area contributed by atoms with Crippen LogP contribution in [0.4, 0.5) is 13.2 Å². The van der Waals surface area contributed by atoms with Gasteiger partial charge in [-0.1, -0.05) is 12.8 Å². The molecule has 1 aromatic rings. The summed E-state index contributed by atoms with van der Waals surface area (Å²) in [6.07, 6.45) is -1.10. The van der Waals surface area contributed by atoms with E-state index in [0.29, 0.717) is 0 Å². The molecule has 0 aromatic carbocycles. The van der Waals surface area contributed by atoms with Crippen LogP contribution in [-0.4, -0.2) is 38.7 Å². The Balaban J connectivity index is 0.00000192. The molecule has 0 radical (unpaired) electrons. The highest BCUT2D eigenvalue weighted by Gasteiger charge is 2.44. The molecule has 23 heavy (non-hydrogen) atoms. The molecule has 1 aromatic heterocycles. The Morgan fingerprint density at radius 2 is 1.87 bits per heavy atom. The van der Waals surface area contributed by atoms with Crippen LogP contribution in [0.3, 0.4) is 0 Å². The Hall–Kier alpha value is -1.35. The van der Waals surface area contributed by atoms with Crippen molar-refractivity contribution in [2.75, 3.05) is 13.1 Å². The maximum absolute atomic E-state index is 12.8. The minimum Gasteiger partial charge on any atom is -0.333 e. The molecule has 0 bridgehead atoms. The molecule has 130 valence electrons. The van der Waals surface area contributed by atoms with E-state index in [1.807, 2.05) is 0 Å². The van der Waals surface area contributed by atoms with Crippen LogP contribution in [0, 0.1) is 5.41 Å². The van der Waals surface area contributed by atoms with Crippen molar-refractivity contribution >= 4 is 18.3 Å². The second-order valence-electron chi connectivity index (χ2n) is 6.01. The first-order valence-corrected chi connectivity index (χ1v) is 7.36. The van der Waals surface area contributed by atoms with Gasteiger partial charge in [-0.3, -0.25) is 4.79 Å². The van der Waals surface area contributed by atoms with Gasteiger partial charge in [0.05, 0.1) is 12.0 Å². The van der Waals surface area contributed by atoms with E-state index in [-0.39, 0.29) is 50.3 Å². The number of nitrogens with zero attached hydrogens (tertiary/aromatic N) is 4. The zero-order valence-corrected chi connectivity index (χ0v) is 13.3. The lowest BCUT2D eigenvalue weighted by molar-refractivity contribution is -0.149. The van der Waals surface area contributed by atoms with Gasteiger partial charge in [-0.2, -0.15) is 13.2 Å². The topological polar surface area (TPSA) is 77.0 Å². The summed E-state index contributed by atoms with van der Waals surface area (Å²) in [7, 11) is 0. The lowest BCUT2D eigenvalue weighted by Gasteiger charge is -2.35. The molecule has 1 fully saturated rings. The van der Waals surface area contributed by atoms with Crippen LogP contribution < -0.4 is 5.73 Å². The molecule has 2 N–H and O–H groups in total. The van der Waals surface area contributed by atoms with E-state index in [4.69, 9.17) is 5.73 Å². The van der Waals surface area contributed by atoms with Gasteiger partial charge < -0.3 is 15.2 Å². The largest absolute Gasteiger partial charge is 0.451 e. The second-order valence-corrected chi connectivity index (χ2v) is 6.01. The van der Waals surface area contributed by atoms with Gasteiger partial charge in [0.15, 0.2) is 5.82 Å². The van der Waals surface area contributed by atoms with Crippen molar-refractivity contribution in [1.29, 1.82) is 0 Å². The number of hydrogen-bond acceptors (Lipinski definition) is 4. The van der Waals surface area contributed by atoms with E-state index in [0.717, 1.165) is 30.3 Å². The molecule has 6 nitrogen and oxygen atoms in total. The fourth-order valence-corrected chi connectivity index (χ4v) is 3.43. The summed E-state index contributed by atoms with van der Waals surface area (Å²) in [5, 5.41) is 6.82. The van der Waals surface area contributed by atoms with Crippen LogP contribution in [0.2, 0.25) is 0 Å². The molecule has 1 aliphatic heterocycles. The number of alkyl halides is 3. The Bertz CT molecular complexity index is 583. The van der Waals surface area contributed by atoms with Crippen LogP contribution in [-0.2, 0) is 24.1 Å². The molecular formula is C13H19ClF3N5O. The van der Waals surface area contributed by atoms with Crippen molar-refractivity contribution in [2.24, 2.45) is 11.1 Å². The van der Waals surface area contributed by atoms with Crippen molar-refractivity contribution in [3.63, 3.8) is 0 Å². The molecule has 10 heteroatoms. The van der Waals surface area contributed by atoms with Crippen LogP contribution >= 0.6 is 12.4 Å². The molecule has 0 unspecified atom stereocenters. The normalized spacial score (nSPS) is 20.1. The standard InChI is InChI=1S/C13H18F3N5O.ClH/c14-13(15,16)10-19-18-9-7-20(5-6-21(9)10)11(22)12(8-17)3-1-2-4-12;/h1-8,17H2;1H. The summed E-state index contributed by atoms with van der Waals surface area (Å²) in [4.78, 5) is 14.3. The average molecular weight is 354 g/mol. The van der Waals surface area contributed by atoms with Gasteiger partial charge in [-0.25, -0.2) is 0 Å². The number of carbonyl (C=O) groups excluding carboxylic acids is 1. The molecular weight excluding hydrogens is 335 g/mol. The van der Waals surface area contributed by atoms with Gasteiger partial charge in [0.25, 0.3) is 0 Å². The highest BCUT2D eigenvalue weighted by molar-refractivity contribution is 5.85. The molecule has 1 amide bonds. The van der Waals surface area contributed by atoms with Crippen molar-refractivity contribution in [3.8, 4) is 0 Å². The third kappa shape index (κ3) is 3.03. The number of aromatic nitrogens is 3. The number of nitrogens with two attached hydrogens (primary N) is 1. The van der Waals surface area contributed by atoms with Gasteiger partial charge in [-0.05, 0) is 12.8 Å². The average Bonchev–Trinajstić information content (AvgIpc) is 3.12. The SMILES string of the molecule is Cl.NCC1(C(=O)N2CCn3c(nnc3C(F)(F)F)C2)CCCC1. The van der Waals surface area contributed by atoms with Crippen molar-refractivity contribution in [1.82, 2.24) is 19.7 Å². The van der Waals surface area contributed by atoms with E-state index in [2.05, 4.69) is 10.2 Å². The first-order valence-electron chi connectivity index (χ1n) is 7.36. The number of halogens is 4. The number of rotatable bonds is 2. The van der Waals surface area contributed by atoms with E-state index in [1.165, 1.54) is 0 Å². The molecule has 1 saturated carbocycles. The van der Waals surface area contributed by atoms with Gasteiger partial charge in [0, 0.05) is 19.6 Å². The van der Waals surface area contributed by atoms with Gasteiger partial charge in [-0.15, -0.1) is 22.6 Å². The monoisotopic (exact) mass is 353 g/mol. The molecule has 2 aliphatic rings. The quantitative estimate of drug-likeness (QED) is 0.875. The molecule has 1 aliphatic carbocycles. The molecule has 2 heterocycles. The van der Waals surface area contributed by atoms with Crippen LogP contribution in [0.25, 0.3) is 0 Å². The number of fused-ring (bicyclic) bond motifs is 1. The zero-order valence-electron chi connectivity index (χ0n) is 12.5. The van der Waals surface area contributed by atoms with Gasteiger partial charge in [0.2, 0.25) is 11.7 Å². The van der Waals surface area contributed by atoms with Crippen molar-refractivity contribution in [2.45, 2.75) is 44.9 Å². The Labute approximate surface area is 137 Å². The van der Waals surface area contributed by atoms with E-state index >= 15 is 0 Å². The first-order chi connectivity index (χ1) is 10.4. The zero-order chi connectivity index (χ0) is 16.0. The maximum Gasteiger partial charge on any atom is 0.451 e. The minimum absolute atomic E-state index is 0. The Morgan fingerprint density at radius 3 is 2.43 bits per heavy atom. The summed E-state index contributed by atoms with van der Waals surface area (Å²) >= 11 is 0. The lowest BCUT2D eigenvalue weighted by atomic mass is 9.84. The van der Waals surface area contributed by atoms with Gasteiger partial charge >= 0.3 is 6.18 Å². The molecule has 0 saturated heterocycles. The Morgan fingerprint density at radius 1 is 1.22 bits per heavy atom. The fraction of sp³-hybridized carbons (Fsp3) is 0.769. The van der Waals surface area contributed by atoms with Crippen molar-refractivity contribution in [3.05, 3.63) is 11.6 Å². The summed E-state index contributed by atoms with van der Waals surface area (Å²) in [5.74, 6) is -0.878. The summed E-state index contributed by atoms with van der Waals surface area (Å²) in [6, 6.07) is 0. The van der Waals surface area contributed by atoms with Gasteiger partial charge in [0.1, 0.15) is 0 Å². The summed E-state index contributed by atoms with van der Waals surface area (Å²) in [6.45, 7) is 0.630. The highest BCUT2D eigenvalue weighted by Crippen LogP contribution is 2.39. The smallest absolute Gasteiger partial charge is 0.333 e. The highest BCUT2D eigenvalue weighted by atomic mass is 35.5. The lowest BCUT2D eigenvalue weighted by Crippen LogP contribution is -2.49. The second kappa shape index (κ2) is 6.27. The van der Waals surface area contributed by atoms with Crippen LogP contribution in [0.1, 0.15) is 37.3 Å². The third-order valence-electron chi connectivity index (χ3n) is 4.70. The Kier molecular flexibility index (Phi) is 4.91. The minimum atomic E-state index is -4.53. The molecule has 0 atom stereocenters. The predicted molar refractivity (Wildman–Crippen MR) is 77.6 cm³/mol. The van der Waals surface area contributed by atoms with E-state index in [9.17, 15) is 18.0 Å². The molecule has 0 spiro atoms. The van der Waals surface area contributed by atoms with E-state index in [1.54, 1.807) is 4.90 Å². The van der Waals surface area contributed by atoms with Crippen LogP contribution in [0.5, 0.6) is 0 Å². The summed E-state index contributed by atoms with van der Waals surface area (Å²) in [5.41, 5.74) is 5.26. The predicted octanol–water partition coefficient (Wildman–Crippen LogP) is 1.58.